The highest BCUT2D eigenvalue weighted by atomic mass is 35.5. The van der Waals surface area contributed by atoms with E-state index >= 15 is 0 Å². The van der Waals surface area contributed by atoms with Crippen LogP contribution < -0.4 is 20.1 Å². The first-order valence-corrected chi connectivity index (χ1v) is 18.7. The lowest BCUT2D eigenvalue weighted by molar-refractivity contribution is 0.0155. The molecule has 4 aromatic rings. The first-order valence-electron chi connectivity index (χ1n) is 18.0. The van der Waals surface area contributed by atoms with Gasteiger partial charge in [-0.2, -0.15) is 0 Å². The summed E-state index contributed by atoms with van der Waals surface area (Å²) < 4.78 is 11.6. The summed E-state index contributed by atoms with van der Waals surface area (Å²) in [6, 6.07) is 20.3. The van der Waals surface area contributed by atoms with Gasteiger partial charge < -0.3 is 20.1 Å². The van der Waals surface area contributed by atoms with Crippen LogP contribution in [-0.2, 0) is 13.1 Å². The number of aromatic nitrogens is 2. The molecule has 0 radical (unpaired) electrons. The molecule has 2 aromatic carbocycles. The molecule has 2 aromatic heterocycles. The summed E-state index contributed by atoms with van der Waals surface area (Å²) in [6.07, 6.45) is 7.70. The predicted octanol–water partition coefficient (Wildman–Crippen LogP) is 7.46. The Bertz CT molecular complexity index is 1720. The van der Waals surface area contributed by atoms with Gasteiger partial charge in [0.15, 0.2) is 0 Å². The van der Waals surface area contributed by atoms with Crippen LogP contribution in [0.15, 0.2) is 60.7 Å². The van der Waals surface area contributed by atoms with Crippen molar-refractivity contribution in [2.24, 2.45) is 0 Å². The fourth-order valence-corrected chi connectivity index (χ4v) is 9.28. The predicted molar refractivity (Wildman–Crippen MR) is 201 cm³/mol. The number of piperidine rings is 2. The van der Waals surface area contributed by atoms with Gasteiger partial charge in [-0.15, -0.1) is 0 Å². The molecule has 0 saturated carbocycles. The number of hydrogen-bond acceptors (Lipinski definition) is 8. The Morgan fingerprint density at radius 1 is 0.600 bits per heavy atom. The topological polar surface area (TPSA) is 74.8 Å². The Morgan fingerprint density at radius 3 is 1.40 bits per heavy atom. The van der Waals surface area contributed by atoms with Gasteiger partial charge in [-0.1, -0.05) is 84.6 Å². The third-order valence-electron chi connectivity index (χ3n) is 11.2. The highest BCUT2D eigenvalue weighted by molar-refractivity contribution is 6.39. The maximum atomic E-state index is 7.17. The fourth-order valence-electron chi connectivity index (χ4n) is 8.63. The lowest BCUT2D eigenvalue weighted by Gasteiger charge is -2.53. The van der Waals surface area contributed by atoms with Crippen molar-refractivity contribution in [2.45, 2.75) is 62.7 Å². The Balaban J connectivity index is 1.01. The van der Waals surface area contributed by atoms with Crippen LogP contribution >= 0.6 is 23.2 Å². The zero-order chi connectivity index (χ0) is 34.3. The number of nitrogens with zero attached hydrogens (tertiary/aromatic N) is 4. The average Bonchev–Trinajstić information content (AvgIpc) is 3.12. The minimum Gasteiger partial charge on any atom is -0.481 e. The molecule has 10 heteroatoms. The SMILES string of the molecule is COc1nc(-c2cccc(-c3cccc(-c4ccc(CN5CC6(CCCCN6)C5)c(OC)n4)c3Cl)c2Cl)ccc1CN1CC2(CCCCN2)C1. The van der Waals surface area contributed by atoms with E-state index in [0.717, 1.165) is 97.1 Å². The lowest BCUT2D eigenvalue weighted by atomic mass is 9.81. The fraction of sp³-hybridized carbons (Fsp3) is 0.450. The van der Waals surface area contributed by atoms with Gasteiger partial charge in [-0.25, -0.2) is 9.97 Å². The van der Waals surface area contributed by atoms with Crippen molar-refractivity contribution in [3.63, 3.8) is 0 Å². The van der Waals surface area contributed by atoms with Crippen molar-refractivity contribution in [3.8, 4) is 45.4 Å². The molecule has 4 aliphatic heterocycles. The van der Waals surface area contributed by atoms with E-state index in [4.69, 9.17) is 42.6 Å². The Hall–Kier alpha value is -3.24. The number of pyridine rings is 2. The number of methoxy groups -OCH3 is 2. The van der Waals surface area contributed by atoms with Crippen LogP contribution in [0.4, 0.5) is 0 Å². The van der Waals surface area contributed by atoms with Crippen LogP contribution in [0.5, 0.6) is 11.8 Å². The molecule has 50 heavy (non-hydrogen) atoms. The number of halogens is 2. The molecule has 8 nitrogen and oxygen atoms in total. The van der Waals surface area contributed by atoms with Crippen LogP contribution in [0, 0.1) is 0 Å². The molecule has 0 bridgehead atoms. The van der Waals surface area contributed by atoms with Crippen LogP contribution in [0.2, 0.25) is 10.0 Å². The summed E-state index contributed by atoms with van der Waals surface area (Å²) in [6.45, 7) is 8.13. The van der Waals surface area contributed by atoms with Gasteiger partial charge in [-0.05, 0) is 50.9 Å². The smallest absolute Gasteiger partial charge is 0.218 e. The second-order valence-electron chi connectivity index (χ2n) is 14.7. The van der Waals surface area contributed by atoms with Crippen molar-refractivity contribution in [3.05, 3.63) is 81.8 Å². The number of hydrogen-bond donors (Lipinski definition) is 2. The number of benzene rings is 2. The third-order valence-corrected chi connectivity index (χ3v) is 12.0. The van der Waals surface area contributed by atoms with E-state index in [1.54, 1.807) is 14.2 Å². The molecule has 6 heterocycles. The number of nitrogens with one attached hydrogen (secondary N) is 2. The van der Waals surface area contributed by atoms with Crippen LogP contribution in [0.3, 0.4) is 0 Å². The maximum absolute atomic E-state index is 7.17. The molecule has 0 atom stereocenters. The lowest BCUT2D eigenvalue weighted by Crippen LogP contribution is -2.69. The van der Waals surface area contributed by atoms with E-state index in [1.165, 1.54) is 38.5 Å². The van der Waals surface area contributed by atoms with Crippen molar-refractivity contribution in [2.75, 3.05) is 53.5 Å². The Kier molecular flexibility index (Phi) is 9.52. The normalized spacial score (nSPS) is 20.0. The van der Waals surface area contributed by atoms with E-state index in [2.05, 4.69) is 32.6 Å². The molecule has 262 valence electrons. The average molecular weight is 714 g/mol. The number of likely N-dealkylation sites (tertiary alicyclic amines) is 2. The van der Waals surface area contributed by atoms with Gasteiger partial charge in [0.05, 0.1) is 35.7 Å². The molecule has 2 N–H and O–H groups in total. The number of ether oxygens (including phenoxy) is 2. The molecule has 0 aliphatic carbocycles. The van der Waals surface area contributed by atoms with E-state index in [-0.39, 0.29) is 0 Å². The van der Waals surface area contributed by atoms with E-state index in [9.17, 15) is 0 Å². The molecular weight excluding hydrogens is 667 g/mol. The van der Waals surface area contributed by atoms with E-state index < -0.39 is 0 Å². The third kappa shape index (κ3) is 6.51. The summed E-state index contributed by atoms with van der Waals surface area (Å²) in [5.74, 6) is 1.26. The van der Waals surface area contributed by atoms with E-state index in [1.807, 2.05) is 48.5 Å². The second kappa shape index (κ2) is 14.1. The van der Waals surface area contributed by atoms with Crippen molar-refractivity contribution < 1.29 is 9.47 Å². The monoisotopic (exact) mass is 712 g/mol. The maximum Gasteiger partial charge on any atom is 0.218 e. The molecule has 0 unspecified atom stereocenters. The first-order chi connectivity index (χ1) is 24.4. The standard InChI is InChI=1S/C40H46Cl2N6O2/c1-49-37-27(21-47-23-39(24-47)17-3-5-19-43-39)13-15-33(45-37)31-11-7-9-29(35(31)41)30-10-8-12-32(36(30)42)34-16-14-28(38(46-34)50-2)22-48-25-40(26-48)18-4-6-20-44-40/h7-16,43-44H,3-6,17-26H2,1-2H3. The first kappa shape index (κ1) is 33.9. The van der Waals surface area contributed by atoms with Gasteiger partial charge in [0.1, 0.15) is 0 Å². The molecule has 2 spiro atoms. The summed E-state index contributed by atoms with van der Waals surface area (Å²) >= 11 is 14.3. The van der Waals surface area contributed by atoms with Gasteiger partial charge in [0.25, 0.3) is 0 Å². The molecular formula is C40H46Cl2N6O2. The van der Waals surface area contributed by atoms with Gasteiger partial charge in [-0.3, -0.25) is 9.80 Å². The summed E-state index contributed by atoms with van der Waals surface area (Å²) in [7, 11) is 3.37. The molecule has 8 rings (SSSR count). The van der Waals surface area contributed by atoms with Crippen molar-refractivity contribution in [1.82, 2.24) is 30.4 Å². The van der Waals surface area contributed by atoms with E-state index in [0.29, 0.717) is 32.9 Å². The zero-order valence-corrected chi connectivity index (χ0v) is 30.5. The Morgan fingerprint density at radius 2 is 1.02 bits per heavy atom. The Labute approximate surface area is 305 Å². The highest BCUT2D eigenvalue weighted by Crippen LogP contribution is 2.43. The van der Waals surface area contributed by atoms with Crippen LogP contribution in [-0.4, -0.2) is 84.3 Å². The minimum atomic E-state index is 0.293. The summed E-state index contributed by atoms with van der Waals surface area (Å²) in [4.78, 5) is 14.8. The van der Waals surface area contributed by atoms with Gasteiger partial charge >= 0.3 is 0 Å². The van der Waals surface area contributed by atoms with Crippen molar-refractivity contribution in [1.29, 1.82) is 0 Å². The second-order valence-corrected chi connectivity index (χ2v) is 15.4. The van der Waals surface area contributed by atoms with Gasteiger partial charge in [0.2, 0.25) is 11.8 Å². The van der Waals surface area contributed by atoms with Crippen LogP contribution in [0.25, 0.3) is 33.6 Å². The van der Waals surface area contributed by atoms with Crippen molar-refractivity contribution >= 4 is 23.2 Å². The molecule has 4 fully saturated rings. The number of rotatable bonds is 9. The summed E-state index contributed by atoms with van der Waals surface area (Å²) in [5, 5.41) is 8.67. The largest absolute Gasteiger partial charge is 0.481 e. The quantitative estimate of drug-likeness (QED) is 0.185. The molecule has 4 aliphatic rings. The van der Waals surface area contributed by atoms with Crippen LogP contribution in [0.1, 0.15) is 49.7 Å². The summed E-state index contributed by atoms with van der Waals surface area (Å²) in [5.41, 5.74) is 7.57. The molecule has 4 saturated heterocycles. The highest BCUT2D eigenvalue weighted by Gasteiger charge is 2.44. The zero-order valence-electron chi connectivity index (χ0n) is 29.0. The van der Waals surface area contributed by atoms with Gasteiger partial charge in [0, 0.05) is 83.7 Å². The minimum absolute atomic E-state index is 0.293. The molecule has 0 amide bonds.